The van der Waals surface area contributed by atoms with Gasteiger partial charge in [-0.1, -0.05) is 88.7 Å². The Hall–Kier alpha value is -3.34. The molecule has 4 rings (SSSR count). The van der Waals surface area contributed by atoms with Gasteiger partial charge in [0.25, 0.3) is 5.91 Å². The third-order valence-electron chi connectivity index (χ3n) is 7.44. The number of carbonyl (C=O) groups is 3. The smallest absolute Gasteiger partial charge is 0.315 e. The van der Waals surface area contributed by atoms with E-state index in [9.17, 15) is 19.5 Å². The number of amides is 4. The fourth-order valence-electron chi connectivity index (χ4n) is 4.99. The van der Waals surface area contributed by atoms with Gasteiger partial charge in [0.1, 0.15) is 6.04 Å². The minimum Gasteiger partial charge on any atom is -0.381 e. The lowest BCUT2D eigenvalue weighted by atomic mass is 9.97. The van der Waals surface area contributed by atoms with Crippen molar-refractivity contribution < 1.29 is 19.5 Å². The summed E-state index contributed by atoms with van der Waals surface area (Å²) in [6.07, 6.45) is -1.34. The maximum atomic E-state index is 13.8. The Labute approximate surface area is 259 Å². The first-order chi connectivity index (χ1) is 20.1. The van der Waals surface area contributed by atoms with Crippen LogP contribution in [0.5, 0.6) is 0 Å². The molecule has 1 aliphatic rings. The number of hydrogen-bond donors (Lipinski definition) is 4. The highest BCUT2D eigenvalue weighted by Gasteiger charge is 2.49. The molecule has 4 N–H and O–H groups in total. The second-order valence-corrected chi connectivity index (χ2v) is 13.3. The summed E-state index contributed by atoms with van der Waals surface area (Å²) in [7, 11) is 0. The zero-order valence-electron chi connectivity index (χ0n) is 24.0. The van der Waals surface area contributed by atoms with Gasteiger partial charge >= 0.3 is 6.03 Å². The van der Waals surface area contributed by atoms with Crippen LogP contribution in [-0.4, -0.2) is 56.7 Å². The summed E-state index contributed by atoms with van der Waals surface area (Å²) in [5.74, 6) is -0.638. The van der Waals surface area contributed by atoms with E-state index >= 15 is 0 Å². The number of aliphatic hydroxyl groups excluding tert-OH is 1. The molecule has 10 heteroatoms. The Morgan fingerprint density at radius 1 is 0.952 bits per heavy atom. The molecule has 0 aliphatic carbocycles. The predicted octanol–water partition coefficient (Wildman–Crippen LogP) is 4.53. The monoisotopic (exact) mass is 652 g/mol. The van der Waals surface area contributed by atoms with E-state index in [4.69, 9.17) is 0 Å². The molecule has 4 amide bonds. The Bertz CT molecular complexity index is 1400. The number of aryl methyl sites for hydroxylation is 1. The first kappa shape index (κ1) is 31.6. The predicted molar refractivity (Wildman–Crippen MR) is 170 cm³/mol. The summed E-state index contributed by atoms with van der Waals surface area (Å²) < 4.78 is 0.288. The van der Waals surface area contributed by atoms with E-state index in [-0.39, 0.29) is 24.7 Å². The summed E-state index contributed by atoms with van der Waals surface area (Å²) >= 11 is 4.96. The van der Waals surface area contributed by atoms with Crippen molar-refractivity contribution in [1.82, 2.24) is 20.9 Å². The van der Waals surface area contributed by atoms with Crippen molar-refractivity contribution in [2.24, 2.45) is 0 Å². The Balaban J connectivity index is 1.48. The molecule has 0 radical (unpaired) electrons. The summed E-state index contributed by atoms with van der Waals surface area (Å²) in [6, 6.07) is 22.5. The summed E-state index contributed by atoms with van der Waals surface area (Å²) in [4.78, 5) is 41.7. The van der Waals surface area contributed by atoms with Crippen LogP contribution in [0.25, 0.3) is 0 Å². The summed E-state index contributed by atoms with van der Waals surface area (Å²) in [5, 5.41) is 20.0. The van der Waals surface area contributed by atoms with Crippen molar-refractivity contribution in [3.63, 3.8) is 0 Å². The van der Waals surface area contributed by atoms with Gasteiger partial charge in [-0.15, -0.1) is 11.8 Å². The zero-order chi connectivity index (χ0) is 30.3. The van der Waals surface area contributed by atoms with E-state index in [1.165, 1.54) is 16.7 Å². The summed E-state index contributed by atoms with van der Waals surface area (Å²) in [5.41, 5.74) is 3.80. The zero-order valence-corrected chi connectivity index (χ0v) is 26.4. The van der Waals surface area contributed by atoms with Crippen molar-refractivity contribution >= 4 is 45.5 Å². The van der Waals surface area contributed by atoms with E-state index < -0.39 is 34.9 Å². The van der Waals surface area contributed by atoms with Gasteiger partial charge < -0.3 is 26.0 Å². The molecule has 3 atom stereocenters. The van der Waals surface area contributed by atoms with Crippen LogP contribution >= 0.6 is 27.7 Å². The number of carbonyl (C=O) groups excluding carboxylic acids is 3. The largest absolute Gasteiger partial charge is 0.381 e. The van der Waals surface area contributed by atoms with Gasteiger partial charge in [-0.2, -0.15) is 0 Å². The standard InChI is InChI=1S/C32H37BrN4O4S/c1-21-11-7-8-14-23(21)18-34-29(39)28-32(2,3)42-20-37(28)30(40)27(38)26(17-22-12-5-4-6-13-22)36-31(41)35-19-24-15-9-10-16-25(24)33/h4-16,26-28,38H,17-20H2,1-3H3,(H,34,39)(H2,35,36,41)/t26?,27?,28-/m1/s1. The van der Waals surface area contributed by atoms with Crippen molar-refractivity contribution in [2.75, 3.05) is 5.88 Å². The minimum absolute atomic E-state index is 0.227. The van der Waals surface area contributed by atoms with Crippen LogP contribution in [-0.2, 0) is 29.1 Å². The van der Waals surface area contributed by atoms with Gasteiger partial charge in [0.2, 0.25) is 5.91 Å². The number of aliphatic hydroxyl groups is 1. The third kappa shape index (κ3) is 7.93. The van der Waals surface area contributed by atoms with E-state index in [1.807, 2.05) is 99.6 Å². The Kier molecular flexibility index (Phi) is 10.7. The van der Waals surface area contributed by atoms with Crippen molar-refractivity contribution in [1.29, 1.82) is 0 Å². The third-order valence-corrected chi connectivity index (χ3v) is 9.59. The molecule has 1 fully saturated rings. The van der Waals surface area contributed by atoms with Crippen LogP contribution in [0.2, 0.25) is 0 Å². The lowest BCUT2D eigenvalue weighted by molar-refractivity contribution is -0.147. The maximum absolute atomic E-state index is 13.8. The molecule has 2 unspecified atom stereocenters. The average molecular weight is 654 g/mol. The number of urea groups is 1. The van der Waals surface area contributed by atoms with Crippen molar-refractivity contribution in [2.45, 2.75) is 63.2 Å². The van der Waals surface area contributed by atoms with Gasteiger partial charge in [0.15, 0.2) is 6.10 Å². The van der Waals surface area contributed by atoms with Crippen LogP contribution in [0.15, 0.2) is 83.3 Å². The highest BCUT2D eigenvalue weighted by Crippen LogP contribution is 2.40. The lowest BCUT2D eigenvalue weighted by Gasteiger charge is -2.33. The van der Waals surface area contributed by atoms with E-state index in [1.54, 1.807) is 0 Å². The fourth-order valence-corrected chi connectivity index (χ4v) is 6.55. The second-order valence-electron chi connectivity index (χ2n) is 10.9. The minimum atomic E-state index is -1.57. The SMILES string of the molecule is Cc1ccccc1CNC(=O)[C@H]1N(C(=O)C(O)C(Cc2ccccc2)NC(=O)NCc2ccccc2Br)CSC1(C)C. The molecule has 0 aromatic heterocycles. The molecule has 3 aromatic rings. The molecule has 0 saturated carbocycles. The summed E-state index contributed by atoms with van der Waals surface area (Å²) in [6.45, 7) is 6.42. The van der Waals surface area contributed by atoms with E-state index in [0.717, 1.165) is 26.7 Å². The molecule has 222 valence electrons. The van der Waals surface area contributed by atoms with Crippen molar-refractivity contribution in [3.05, 3.63) is 106 Å². The molecule has 3 aromatic carbocycles. The van der Waals surface area contributed by atoms with Crippen LogP contribution in [0, 0.1) is 6.92 Å². The number of benzene rings is 3. The molecular weight excluding hydrogens is 616 g/mol. The van der Waals surface area contributed by atoms with Gasteiger partial charge in [0.05, 0.1) is 11.9 Å². The van der Waals surface area contributed by atoms with Gasteiger partial charge in [-0.3, -0.25) is 9.59 Å². The molecular formula is C32H37BrN4O4S. The Morgan fingerprint density at radius 2 is 1.57 bits per heavy atom. The van der Waals surface area contributed by atoms with Crippen LogP contribution in [0.1, 0.15) is 36.1 Å². The number of thioether (sulfide) groups is 1. The van der Waals surface area contributed by atoms with E-state index in [2.05, 4.69) is 31.9 Å². The van der Waals surface area contributed by atoms with E-state index in [0.29, 0.717) is 6.54 Å². The average Bonchev–Trinajstić information content (AvgIpc) is 3.30. The topological polar surface area (TPSA) is 111 Å². The van der Waals surface area contributed by atoms with Gasteiger partial charge in [-0.25, -0.2) is 4.79 Å². The number of nitrogens with one attached hydrogen (secondary N) is 3. The van der Waals surface area contributed by atoms with Gasteiger partial charge in [-0.05, 0) is 55.5 Å². The quantitative estimate of drug-likeness (QED) is 0.257. The van der Waals surface area contributed by atoms with Crippen molar-refractivity contribution in [3.8, 4) is 0 Å². The lowest BCUT2D eigenvalue weighted by Crippen LogP contribution is -2.59. The highest BCUT2D eigenvalue weighted by molar-refractivity contribution is 9.10. The molecule has 0 spiro atoms. The molecule has 8 nitrogen and oxygen atoms in total. The number of nitrogens with zero attached hydrogens (tertiary/aromatic N) is 1. The highest BCUT2D eigenvalue weighted by atomic mass is 79.9. The number of hydrogen-bond acceptors (Lipinski definition) is 5. The first-order valence-corrected chi connectivity index (χ1v) is 15.6. The first-order valence-electron chi connectivity index (χ1n) is 13.8. The van der Waals surface area contributed by atoms with Crippen LogP contribution in [0.4, 0.5) is 4.79 Å². The number of rotatable bonds is 10. The Morgan fingerprint density at radius 3 is 2.26 bits per heavy atom. The van der Waals surface area contributed by atoms with Crippen LogP contribution in [0.3, 0.4) is 0 Å². The molecule has 1 heterocycles. The van der Waals surface area contributed by atoms with Crippen LogP contribution < -0.4 is 16.0 Å². The molecule has 1 saturated heterocycles. The number of halogens is 1. The molecule has 0 bridgehead atoms. The second kappa shape index (κ2) is 14.2. The maximum Gasteiger partial charge on any atom is 0.315 e. The molecule has 1 aliphatic heterocycles. The van der Waals surface area contributed by atoms with Gasteiger partial charge in [0, 0.05) is 22.3 Å². The normalized spacial score (nSPS) is 17.3. The fraction of sp³-hybridized carbons (Fsp3) is 0.344. The molecule has 42 heavy (non-hydrogen) atoms.